The maximum atomic E-state index is 3.84. The molecule has 0 aromatic carbocycles. The molecule has 20 heavy (non-hydrogen) atoms. The van der Waals surface area contributed by atoms with Gasteiger partial charge in [0, 0.05) is 6.42 Å². The van der Waals surface area contributed by atoms with Gasteiger partial charge in [-0.2, -0.15) is 0 Å². The highest BCUT2D eigenvalue weighted by molar-refractivity contribution is 6.90. The first-order chi connectivity index (χ1) is 9.41. The van der Waals surface area contributed by atoms with Gasteiger partial charge in [0.1, 0.15) is 8.07 Å². The van der Waals surface area contributed by atoms with Crippen LogP contribution in [-0.2, 0) is 0 Å². The van der Waals surface area contributed by atoms with Gasteiger partial charge in [0.2, 0.25) is 0 Å². The molecule has 1 heterocycles. The van der Waals surface area contributed by atoms with E-state index in [1.54, 1.807) is 0 Å². The van der Waals surface area contributed by atoms with Crippen LogP contribution < -0.4 is 5.32 Å². The van der Waals surface area contributed by atoms with Crippen LogP contribution in [0.25, 0.3) is 0 Å². The van der Waals surface area contributed by atoms with E-state index >= 15 is 0 Å². The fourth-order valence-corrected chi connectivity index (χ4v) is 9.39. The molecule has 0 unspecified atom stereocenters. The van der Waals surface area contributed by atoms with Gasteiger partial charge in [0.05, 0.1) is 0 Å². The van der Waals surface area contributed by atoms with Crippen molar-refractivity contribution in [1.29, 1.82) is 0 Å². The molecule has 0 radical (unpaired) electrons. The van der Waals surface area contributed by atoms with Crippen molar-refractivity contribution in [2.75, 3.05) is 13.1 Å². The maximum absolute atomic E-state index is 3.84. The van der Waals surface area contributed by atoms with Gasteiger partial charge in [0.25, 0.3) is 0 Å². The first-order valence-electron chi connectivity index (χ1n) is 8.62. The average molecular weight is 294 g/mol. The summed E-state index contributed by atoms with van der Waals surface area (Å²) in [4.78, 5) is 0. The largest absolute Gasteiger partial charge is 0.317 e. The lowest BCUT2D eigenvalue weighted by Gasteiger charge is -2.38. The Hall–Kier alpha value is -0.263. The highest BCUT2D eigenvalue weighted by Gasteiger charge is 2.41. The summed E-state index contributed by atoms with van der Waals surface area (Å²) in [5.74, 6) is 4.52. The first-order valence-corrected chi connectivity index (χ1v) is 10.8. The summed E-state index contributed by atoms with van der Waals surface area (Å²) in [5, 5.41) is 3.45. The van der Waals surface area contributed by atoms with Crippen LogP contribution in [0.3, 0.4) is 0 Å². The minimum absolute atomic E-state index is 0.758. The second-order valence-electron chi connectivity index (χ2n) is 7.43. The van der Waals surface area contributed by atoms with E-state index in [9.17, 15) is 0 Å². The minimum atomic E-state index is -1.49. The Morgan fingerprint density at radius 3 is 1.90 bits per heavy atom. The zero-order valence-corrected chi connectivity index (χ0v) is 15.6. The molecule has 0 aromatic rings. The maximum Gasteiger partial charge on any atom is 0.145 e. The molecule has 0 amide bonds. The normalized spacial score (nSPS) is 17.6. The summed E-state index contributed by atoms with van der Waals surface area (Å²) >= 11 is 0. The third-order valence-corrected chi connectivity index (χ3v) is 11.6. The van der Waals surface area contributed by atoms with E-state index in [0.29, 0.717) is 0 Å². The number of nitrogens with one attached hydrogen (secondary N) is 1. The molecular formula is C18H35NSi. The van der Waals surface area contributed by atoms with Crippen LogP contribution in [0.5, 0.6) is 0 Å². The van der Waals surface area contributed by atoms with Crippen LogP contribution >= 0.6 is 0 Å². The smallest absolute Gasteiger partial charge is 0.145 e. The van der Waals surface area contributed by atoms with Crippen molar-refractivity contribution in [3.05, 3.63) is 0 Å². The Bertz CT molecular complexity index is 307. The van der Waals surface area contributed by atoms with Gasteiger partial charge in [-0.15, -0.1) is 11.5 Å². The van der Waals surface area contributed by atoms with Crippen molar-refractivity contribution in [2.45, 2.75) is 83.8 Å². The first kappa shape index (κ1) is 17.8. The molecular weight excluding hydrogens is 258 g/mol. The molecule has 0 aromatic heterocycles. The minimum Gasteiger partial charge on any atom is -0.317 e. The molecule has 0 atom stereocenters. The fourth-order valence-electron chi connectivity index (χ4n) is 4.10. The lowest BCUT2D eigenvalue weighted by Crippen LogP contribution is -2.43. The van der Waals surface area contributed by atoms with Crippen molar-refractivity contribution in [2.24, 2.45) is 5.92 Å². The standard InChI is InChI=1S/C18H35NSi/c1-15(2)20(16(3)4,17(5)6)14-8-7-9-18-10-12-19-13-11-18/h15-19H,7,9-13H2,1-6H3. The summed E-state index contributed by atoms with van der Waals surface area (Å²) in [5.41, 5.74) is 6.12. The molecule has 0 saturated carbocycles. The van der Waals surface area contributed by atoms with Gasteiger partial charge in [0.15, 0.2) is 0 Å². The van der Waals surface area contributed by atoms with Crippen LogP contribution in [0.15, 0.2) is 0 Å². The van der Waals surface area contributed by atoms with E-state index in [2.05, 4.69) is 58.3 Å². The Morgan fingerprint density at radius 2 is 1.45 bits per heavy atom. The van der Waals surface area contributed by atoms with Crippen LogP contribution in [0, 0.1) is 17.4 Å². The van der Waals surface area contributed by atoms with Crippen LogP contribution in [0.4, 0.5) is 0 Å². The third-order valence-electron chi connectivity index (χ3n) is 5.31. The molecule has 1 saturated heterocycles. The van der Waals surface area contributed by atoms with E-state index in [0.717, 1.165) is 29.0 Å². The second-order valence-corrected chi connectivity index (χ2v) is 13.0. The number of rotatable bonds is 5. The van der Waals surface area contributed by atoms with Gasteiger partial charge in [-0.1, -0.05) is 41.5 Å². The highest BCUT2D eigenvalue weighted by Crippen LogP contribution is 2.40. The molecule has 0 aliphatic carbocycles. The summed E-state index contributed by atoms with van der Waals surface area (Å²) in [6, 6.07) is 0. The van der Waals surface area contributed by atoms with Crippen molar-refractivity contribution in [1.82, 2.24) is 5.32 Å². The summed E-state index contributed by atoms with van der Waals surface area (Å²) in [6.45, 7) is 16.8. The molecule has 1 aliphatic rings. The predicted octanol–water partition coefficient (Wildman–Crippen LogP) is 4.99. The van der Waals surface area contributed by atoms with E-state index in [1.807, 2.05) is 0 Å². The number of piperidine rings is 1. The van der Waals surface area contributed by atoms with Gasteiger partial charge < -0.3 is 5.32 Å². The third kappa shape index (κ3) is 4.37. The molecule has 2 heteroatoms. The number of hydrogen-bond donors (Lipinski definition) is 1. The summed E-state index contributed by atoms with van der Waals surface area (Å²) in [7, 11) is -1.49. The van der Waals surface area contributed by atoms with Gasteiger partial charge in [-0.25, -0.2) is 0 Å². The number of hydrogen-bond acceptors (Lipinski definition) is 1. The molecule has 1 N–H and O–H groups in total. The van der Waals surface area contributed by atoms with Crippen LogP contribution in [-0.4, -0.2) is 21.2 Å². The van der Waals surface area contributed by atoms with E-state index in [1.165, 1.54) is 32.4 Å². The Balaban J connectivity index is 2.63. The van der Waals surface area contributed by atoms with Gasteiger partial charge >= 0.3 is 0 Å². The Labute approximate surface area is 128 Å². The molecule has 1 aliphatic heterocycles. The summed E-state index contributed by atoms with van der Waals surface area (Å²) in [6.07, 6.45) is 5.13. The SMILES string of the molecule is CC(C)[Si](C#CCCC1CCNCC1)(C(C)C)C(C)C. The van der Waals surface area contributed by atoms with Crippen LogP contribution in [0.2, 0.25) is 16.6 Å². The molecule has 1 rings (SSSR count). The molecule has 1 fully saturated rings. The lowest BCUT2D eigenvalue weighted by molar-refractivity contribution is 0.357. The average Bonchev–Trinajstić information content (AvgIpc) is 2.38. The molecule has 0 bridgehead atoms. The second kappa shape index (κ2) is 8.25. The zero-order valence-electron chi connectivity index (χ0n) is 14.6. The van der Waals surface area contributed by atoms with Gasteiger partial charge in [-0.05, 0) is 54.9 Å². The quantitative estimate of drug-likeness (QED) is 0.556. The molecule has 0 spiro atoms. The highest BCUT2D eigenvalue weighted by atomic mass is 28.3. The van der Waals surface area contributed by atoms with Crippen molar-refractivity contribution in [3.8, 4) is 11.5 Å². The van der Waals surface area contributed by atoms with Crippen molar-refractivity contribution in [3.63, 3.8) is 0 Å². The molecule has 1 nitrogen and oxygen atoms in total. The van der Waals surface area contributed by atoms with Gasteiger partial charge in [-0.3, -0.25) is 0 Å². The zero-order chi connectivity index (χ0) is 15.2. The fraction of sp³-hybridized carbons (Fsp3) is 0.889. The predicted molar refractivity (Wildman–Crippen MR) is 93.7 cm³/mol. The van der Waals surface area contributed by atoms with E-state index in [4.69, 9.17) is 0 Å². The van der Waals surface area contributed by atoms with E-state index < -0.39 is 8.07 Å². The van der Waals surface area contributed by atoms with Crippen LogP contribution in [0.1, 0.15) is 67.2 Å². The Morgan fingerprint density at radius 1 is 0.950 bits per heavy atom. The Kier molecular flexibility index (Phi) is 7.33. The van der Waals surface area contributed by atoms with Crippen molar-refractivity contribution >= 4 is 8.07 Å². The van der Waals surface area contributed by atoms with Crippen molar-refractivity contribution < 1.29 is 0 Å². The monoisotopic (exact) mass is 293 g/mol. The lowest BCUT2D eigenvalue weighted by atomic mass is 9.93. The molecule has 116 valence electrons. The summed E-state index contributed by atoms with van der Waals surface area (Å²) < 4.78 is 0. The topological polar surface area (TPSA) is 12.0 Å². The van der Waals surface area contributed by atoms with E-state index in [-0.39, 0.29) is 0 Å².